The van der Waals surface area contributed by atoms with Gasteiger partial charge in [-0.15, -0.1) is 0 Å². The second-order valence-electron chi connectivity index (χ2n) is 4.24. The van der Waals surface area contributed by atoms with Crippen LogP contribution >= 0.6 is 0 Å². The van der Waals surface area contributed by atoms with E-state index in [-0.39, 0.29) is 6.04 Å². The highest BCUT2D eigenvalue weighted by atomic mass is 16.4. The maximum atomic E-state index is 11.0. The molecule has 82 valence electrons. The Balaban J connectivity index is 2.24. The van der Waals surface area contributed by atoms with Gasteiger partial charge < -0.3 is 10.1 Å². The number of aromatic nitrogens is 2. The Hall–Kier alpha value is -1.52. The maximum absolute atomic E-state index is 11.0. The van der Waals surface area contributed by atoms with E-state index in [2.05, 4.69) is 16.9 Å². The van der Waals surface area contributed by atoms with Crippen LogP contribution in [0.2, 0.25) is 0 Å². The van der Waals surface area contributed by atoms with Crippen LogP contribution in [0.4, 0.5) is 4.79 Å². The number of rotatable bonds is 1. The molecule has 2 heterocycles. The minimum Gasteiger partial charge on any atom is -0.465 e. The second kappa shape index (κ2) is 3.56. The minimum atomic E-state index is -0.863. The molecule has 2 N–H and O–H groups in total. The molecule has 0 aromatic carbocycles. The van der Waals surface area contributed by atoms with Crippen molar-refractivity contribution in [2.75, 3.05) is 6.54 Å². The number of nitrogens with zero attached hydrogens (tertiary/aromatic N) is 2. The summed E-state index contributed by atoms with van der Waals surface area (Å²) in [6.45, 7) is 4.57. The lowest BCUT2D eigenvalue weighted by atomic mass is 10.1. The first kappa shape index (κ1) is 10.0. The van der Waals surface area contributed by atoms with E-state index in [1.165, 1.54) is 4.90 Å². The molecule has 1 aromatic rings. The third-order valence-corrected chi connectivity index (χ3v) is 2.79. The molecular weight excluding hydrogens is 194 g/mol. The normalized spacial score (nSPS) is 25.9. The van der Waals surface area contributed by atoms with Crippen LogP contribution in [0.5, 0.6) is 0 Å². The summed E-state index contributed by atoms with van der Waals surface area (Å²) in [5, 5.41) is 9.05. The third kappa shape index (κ3) is 1.82. The number of carbonyl (C=O) groups is 1. The van der Waals surface area contributed by atoms with Crippen LogP contribution in [-0.4, -0.2) is 32.6 Å². The molecule has 5 heteroatoms. The number of carboxylic acid groups (broad SMARTS) is 1. The van der Waals surface area contributed by atoms with Gasteiger partial charge >= 0.3 is 6.09 Å². The topological polar surface area (TPSA) is 69.2 Å². The molecule has 2 rings (SSSR count). The number of imidazole rings is 1. The van der Waals surface area contributed by atoms with Crippen LogP contribution in [0, 0.1) is 12.8 Å². The monoisotopic (exact) mass is 209 g/mol. The standard InChI is InChI=1S/C10H15N3O2/c1-6-3-8(13(5-6)10(14)15)9-11-4-7(2)12-9/h4,6,8H,3,5H2,1-2H3,(H,11,12)(H,14,15). The number of likely N-dealkylation sites (tertiary alicyclic amines) is 1. The molecule has 1 aliphatic rings. The van der Waals surface area contributed by atoms with E-state index in [1.807, 2.05) is 6.92 Å². The molecule has 1 fully saturated rings. The molecule has 2 atom stereocenters. The molecule has 2 unspecified atom stereocenters. The van der Waals surface area contributed by atoms with Gasteiger partial charge in [0.15, 0.2) is 0 Å². The Morgan fingerprint density at radius 2 is 2.47 bits per heavy atom. The van der Waals surface area contributed by atoms with E-state index < -0.39 is 6.09 Å². The molecule has 0 saturated carbocycles. The lowest BCUT2D eigenvalue weighted by Gasteiger charge is -2.19. The summed E-state index contributed by atoms with van der Waals surface area (Å²) in [6, 6.07) is -0.105. The van der Waals surface area contributed by atoms with Gasteiger partial charge in [-0.2, -0.15) is 0 Å². The molecule has 1 aromatic heterocycles. The lowest BCUT2D eigenvalue weighted by Crippen LogP contribution is -2.29. The first-order chi connectivity index (χ1) is 7.08. The number of aromatic amines is 1. The molecule has 1 aliphatic heterocycles. The second-order valence-corrected chi connectivity index (χ2v) is 4.24. The first-order valence-electron chi connectivity index (χ1n) is 5.09. The van der Waals surface area contributed by atoms with Crippen LogP contribution in [0.15, 0.2) is 6.20 Å². The van der Waals surface area contributed by atoms with Gasteiger partial charge in [0.1, 0.15) is 5.82 Å². The summed E-state index contributed by atoms with van der Waals surface area (Å²) >= 11 is 0. The Morgan fingerprint density at radius 3 is 3.00 bits per heavy atom. The number of hydrogen-bond donors (Lipinski definition) is 2. The van der Waals surface area contributed by atoms with Crippen LogP contribution in [0.25, 0.3) is 0 Å². The quantitative estimate of drug-likeness (QED) is 0.740. The van der Waals surface area contributed by atoms with Gasteiger partial charge in [0.05, 0.1) is 6.04 Å². The van der Waals surface area contributed by atoms with Crippen molar-refractivity contribution in [3.8, 4) is 0 Å². The van der Waals surface area contributed by atoms with E-state index in [9.17, 15) is 4.79 Å². The van der Waals surface area contributed by atoms with Crippen LogP contribution in [0.1, 0.15) is 30.9 Å². The molecule has 0 aliphatic carbocycles. The summed E-state index contributed by atoms with van der Waals surface area (Å²) < 4.78 is 0. The predicted molar refractivity (Wildman–Crippen MR) is 54.6 cm³/mol. The molecule has 0 spiro atoms. The summed E-state index contributed by atoms with van der Waals surface area (Å²) in [5.74, 6) is 1.16. The zero-order valence-electron chi connectivity index (χ0n) is 8.90. The first-order valence-corrected chi connectivity index (χ1v) is 5.09. The highest BCUT2D eigenvalue weighted by Gasteiger charge is 2.35. The number of H-pyrrole nitrogens is 1. The zero-order valence-corrected chi connectivity index (χ0v) is 8.90. The summed E-state index contributed by atoms with van der Waals surface area (Å²) in [5.41, 5.74) is 0.967. The smallest absolute Gasteiger partial charge is 0.407 e. The van der Waals surface area contributed by atoms with Gasteiger partial charge in [0.25, 0.3) is 0 Å². The van der Waals surface area contributed by atoms with E-state index in [0.29, 0.717) is 12.5 Å². The Labute approximate surface area is 88.1 Å². The molecular formula is C10H15N3O2. The lowest BCUT2D eigenvalue weighted by molar-refractivity contribution is 0.138. The summed E-state index contributed by atoms with van der Waals surface area (Å²) in [4.78, 5) is 19.8. The van der Waals surface area contributed by atoms with Crippen molar-refractivity contribution < 1.29 is 9.90 Å². The fourth-order valence-electron chi connectivity index (χ4n) is 2.12. The van der Waals surface area contributed by atoms with E-state index in [1.54, 1.807) is 6.20 Å². The molecule has 1 amide bonds. The molecule has 0 bridgehead atoms. The van der Waals surface area contributed by atoms with E-state index in [0.717, 1.165) is 17.9 Å². The predicted octanol–water partition coefficient (Wildman–Crippen LogP) is 1.78. The number of nitrogens with one attached hydrogen (secondary N) is 1. The van der Waals surface area contributed by atoms with Crippen molar-refractivity contribution in [1.82, 2.24) is 14.9 Å². The van der Waals surface area contributed by atoms with Gasteiger partial charge in [-0.05, 0) is 19.3 Å². The van der Waals surface area contributed by atoms with Crippen molar-refractivity contribution in [2.45, 2.75) is 26.3 Å². The van der Waals surface area contributed by atoms with Crippen LogP contribution in [0.3, 0.4) is 0 Å². The van der Waals surface area contributed by atoms with Crippen molar-refractivity contribution in [1.29, 1.82) is 0 Å². The third-order valence-electron chi connectivity index (χ3n) is 2.79. The van der Waals surface area contributed by atoms with E-state index in [4.69, 9.17) is 5.11 Å². The number of hydrogen-bond acceptors (Lipinski definition) is 2. The Kier molecular flexibility index (Phi) is 2.38. The van der Waals surface area contributed by atoms with Gasteiger partial charge in [-0.1, -0.05) is 6.92 Å². The molecule has 0 radical (unpaired) electrons. The van der Waals surface area contributed by atoms with E-state index >= 15 is 0 Å². The molecule has 1 saturated heterocycles. The molecule has 15 heavy (non-hydrogen) atoms. The highest BCUT2D eigenvalue weighted by molar-refractivity contribution is 5.66. The van der Waals surface area contributed by atoms with Gasteiger partial charge in [-0.3, -0.25) is 4.90 Å². The van der Waals surface area contributed by atoms with Crippen LogP contribution in [-0.2, 0) is 0 Å². The summed E-state index contributed by atoms with van der Waals surface area (Å²) in [7, 11) is 0. The van der Waals surface area contributed by atoms with Crippen molar-refractivity contribution in [3.05, 3.63) is 17.7 Å². The fourth-order valence-corrected chi connectivity index (χ4v) is 2.12. The number of amides is 1. The van der Waals surface area contributed by atoms with Gasteiger partial charge in [-0.25, -0.2) is 9.78 Å². The largest absolute Gasteiger partial charge is 0.465 e. The van der Waals surface area contributed by atoms with Gasteiger partial charge in [0, 0.05) is 18.4 Å². The van der Waals surface area contributed by atoms with Gasteiger partial charge in [0.2, 0.25) is 0 Å². The molecule has 5 nitrogen and oxygen atoms in total. The van der Waals surface area contributed by atoms with Crippen LogP contribution < -0.4 is 0 Å². The fraction of sp³-hybridized carbons (Fsp3) is 0.600. The maximum Gasteiger partial charge on any atom is 0.407 e. The Morgan fingerprint density at radius 1 is 1.73 bits per heavy atom. The highest BCUT2D eigenvalue weighted by Crippen LogP contribution is 2.33. The summed E-state index contributed by atoms with van der Waals surface area (Å²) in [6.07, 6.45) is 1.72. The van der Waals surface area contributed by atoms with Crippen molar-refractivity contribution in [2.24, 2.45) is 5.92 Å². The Bertz CT molecular complexity index is 374. The number of aryl methyl sites for hydroxylation is 1. The SMILES string of the molecule is Cc1cnc(C2CC(C)CN2C(=O)O)[nH]1. The van der Waals surface area contributed by atoms with Crippen molar-refractivity contribution >= 4 is 6.09 Å². The van der Waals surface area contributed by atoms with Crippen molar-refractivity contribution in [3.63, 3.8) is 0 Å². The zero-order chi connectivity index (χ0) is 11.0. The average molecular weight is 209 g/mol. The average Bonchev–Trinajstić information content (AvgIpc) is 2.71. The minimum absolute atomic E-state index is 0.105.